The van der Waals surface area contributed by atoms with Gasteiger partial charge in [0.05, 0.1) is 29.8 Å². The van der Waals surface area contributed by atoms with Gasteiger partial charge in [-0.1, -0.05) is 0 Å². The maximum atomic E-state index is 13.2. The van der Waals surface area contributed by atoms with Gasteiger partial charge in [-0.15, -0.1) is 0 Å². The van der Waals surface area contributed by atoms with Crippen LogP contribution in [0.3, 0.4) is 0 Å². The van der Waals surface area contributed by atoms with E-state index in [-0.39, 0.29) is 41.9 Å². The van der Waals surface area contributed by atoms with Gasteiger partial charge in [-0.25, -0.2) is 13.4 Å². The van der Waals surface area contributed by atoms with Crippen molar-refractivity contribution in [1.82, 2.24) is 5.01 Å². The average Bonchev–Trinajstić information content (AvgIpc) is 3.06. The van der Waals surface area contributed by atoms with E-state index >= 15 is 0 Å². The fraction of sp³-hybridized carbons (Fsp3) is 0.526. The van der Waals surface area contributed by atoms with Crippen molar-refractivity contribution in [3.05, 3.63) is 18.2 Å². The number of benzene rings is 1. The molecule has 1 aromatic carbocycles. The number of carbonyl (C=O) groups is 2. The lowest BCUT2D eigenvalue weighted by Gasteiger charge is -2.33. The van der Waals surface area contributed by atoms with Crippen LogP contribution in [0.2, 0.25) is 0 Å². The first-order valence-electron chi connectivity index (χ1n) is 9.61. The summed E-state index contributed by atoms with van der Waals surface area (Å²) < 4.78 is 29.3. The van der Waals surface area contributed by atoms with E-state index in [1.165, 1.54) is 5.01 Å². The highest BCUT2D eigenvalue weighted by Gasteiger charge is 2.38. The van der Waals surface area contributed by atoms with E-state index in [9.17, 15) is 18.0 Å². The fourth-order valence-corrected chi connectivity index (χ4v) is 5.52. The molecule has 0 aromatic heterocycles. The highest BCUT2D eigenvalue weighted by molar-refractivity contribution is 7.91. The van der Waals surface area contributed by atoms with Crippen LogP contribution in [0.15, 0.2) is 23.3 Å². The molecule has 3 aliphatic rings. The number of rotatable bonds is 3. The van der Waals surface area contributed by atoms with Crippen LogP contribution >= 0.6 is 0 Å². The number of hydrogen-bond acceptors (Lipinski definition) is 7. The smallest absolute Gasteiger partial charge is 0.274 e. The minimum absolute atomic E-state index is 0.0469. The second kappa shape index (κ2) is 7.33. The monoisotopic (exact) mass is 420 g/mol. The molecule has 0 unspecified atom stereocenters. The van der Waals surface area contributed by atoms with Gasteiger partial charge in [0.15, 0.2) is 9.84 Å². The third-order valence-corrected chi connectivity index (χ3v) is 7.18. The zero-order valence-corrected chi connectivity index (χ0v) is 17.3. The van der Waals surface area contributed by atoms with Gasteiger partial charge < -0.3 is 14.5 Å². The standard InChI is InChI=1S/C19H24N4O5S/c1-21(2)13-3-5-16-17(11-13)28-9-8-22(16)19(25)15-4-6-18(24)23(20-15)14-7-10-29(26,27)12-14/h3,5,11,14H,4,6-10,12H2,1-2H3/t14-/m0/s1. The molecule has 0 aliphatic carbocycles. The number of carbonyl (C=O) groups excluding carboxylic acids is 2. The largest absolute Gasteiger partial charge is 0.489 e. The van der Waals surface area contributed by atoms with Crippen molar-refractivity contribution in [1.29, 1.82) is 0 Å². The number of sulfone groups is 1. The number of anilines is 2. The van der Waals surface area contributed by atoms with Crippen LogP contribution in [0.25, 0.3) is 0 Å². The molecule has 0 radical (unpaired) electrons. The van der Waals surface area contributed by atoms with Crippen LogP contribution in [-0.2, 0) is 19.4 Å². The van der Waals surface area contributed by atoms with Crippen molar-refractivity contribution < 1.29 is 22.7 Å². The first-order valence-corrected chi connectivity index (χ1v) is 11.4. The summed E-state index contributed by atoms with van der Waals surface area (Å²) in [6, 6.07) is 5.15. The summed E-state index contributed by atoms with van der Waals surface area (Å²) >= 11 is 0. The van der Waals surface area contributed by atoms with Crippen LogP contribution in [0.4, 0.5) is 11.4 Å². The van der Waals surface area contributed by atoms with Gasteiger partial charge in [0, 0.05) is 38.7 Å². The van der Waals surface area contributed by atoms with Crippen LogP contribution in [0.1, 0.15) is 19.3 Å². The maximum Gasteiger partial charge on any atom is 0.274 e. The Labute approximate surface area is 169 Å². The SMILES string of the molecule is CN(C)c1ccc2c(c1)OCCN2C(=O)C1=NN([C@H]2CCS(=O)(=O)C2)C(=O)CC1. The topological polar surface area (TPSA) is 99.6 Å². The van der Waals surface area contributed by atoms with E-state index in [0.29, 0.717) is 31.0 Å². The van der Waals surface area contributed by atoms with Gasteiger partial charge >= 0.3 is 0 Å². The van der Waals surface area contributed by atoms with Gasteiger partial charge in [-0.2, -0.15) is 5.10 Å². The molecule has 1 saturated heterocycles. The number of hydrazone groups is 1. The summed E-state index contributed by atoms with van der Waals surface area (Å²) in [6.45, 7) is 0.754. The highest BCUT2D eigenvalue weighted by atomic mass is 32.2. The van der Waals surface area contributed by atoms with Gasteiger partial charge in [0.1, 0.15) is 18.1 Å². The average molecular weight is 420 g/mol. The summed E-state index contributed by atoms with van der Waals surface area (Å²) in [4.78, 5) is 29.1. The molecule has 0 N–H and O–H groups in total. The molecule has 4 rings (SSSR count). The summed E-state index contributed by atoms with van der Waals surface area (Å²) in [7, 11) is 0.703. The van der Waals surface area contributed by atoms with Crippen LogP contribution in [0, 0.1) is 0 Å². The molecule has 0 saturated carbocycles. The van der Waals surface area contributed by atoms with Crippen molar-refractivity contribution in [2.75, 3.05) is 48.6 Å². The van der Waals surface area contributed by atoms with Crippen molar-refractivity contribution in [2.45, 2.75) is 25.3 Å². The second-order valence-corrected chi connectivity index (χ2v) is 9.92. The number of nitrogens with zero attached hydrogens (tertiary/aromatic N) is 4. The van der Waals surface area contributed by atoms with Gasteiger partial charge in [-0.3, -0.25) is 9.59 Å². The Bertz CT molecular complexity index is 988. The molecule has 3 heterocycles. The number of amides is 2. The summed E-state index contributed by atoms with van der Waals surface area (Å²) in [5.74, 6) is 0.0667. The Morgan fingerprint density at radius 1 is 1.28 bits per heavy atom. The molecular weight excluding hydrogens is 396 g/mol. The van der Waals surface area contributed by atoms with E-state index in [0.717, 1.165) is 5.69 Å². The summed E-state index contributed by atoms with van der Waals surface area (Å²) in [5, 5.41) is 5.52. The first-order chi connectivity index (χ1) is 13.7. The molecule has 1 atom stereocenters. The third-order valence-electron chi connectivity index (χ3n) is 5.43. The van der Waals surface area contributed by atoms with E-state index in [1.807, 2.05) is 37.2 Å². The number of hydrogen-bond donors (Lipinski definition) is 0. The fourth-order valence-electron chi connectivity index (χ4n) is 3.83. The van der Waals surface area contributed by atoms with Crippen LogP contribution in [0.5, 0.6) is 5.75 Å². The molecule has 156 valence electrons. The normalized spacial score (nSPS) is 23.3. The molecule has 1 fully saturated rings. The van der Waals surface area contributed by atoms with Crippen molar-refractivity contribution >= 4 is 38.7 Å². The Balaban J connectivity index is 1.60. The molecule has 9 nitrogen and oxygen atoms in total. The third kappa shape index (κ3) is 3.81. The van der Waals surface area contributed by atoms with Crippen LogP contribution < -0.4 is 14.5 Å². The Hall–Kier alpha value is -2.62. The Morgan fingerprint density at radius 2 is 2.07 bits per heavy atom. The highest BCUT2D eigenvalue weighted by Crippen LogP contribution is 2.35. The van der Waals surface area contributed by atoms with Crippen molar-refractivity contribution in [3.63, 3.8) is 0 Å². The van der Waals surface area contributed by atoms with Gasteiger partial charge in [0.2, 0.25) is 5.91 Å². The van der Waals surface area contributed by atoms with E-state index in [2.05, 4.69) is 5.10 Å². The lowest BCUT2D eigenvalue weighted by molar-refractivity contribution is -0.133. The van der Waals surface area contributed by atoms with E-state index in [1.54, 1.807) is 4.90 Å². The van der Waals surface area contributed by atoms with E-state index in [4.69, 9.17) is 4.74 Å². The molecule has 1 aromatic rings. The maximum absolute atomic E-state index is 13.2. The lowest BCUT2D eigenvalue weighted by Crippen LogP contribution is -2.47. The summed E-state index contributed by atoms with van der Waals surface area (Å²) in [6.07, 6.45) is 0.751. The quantitative estimate of drug-likeness (QED) is 0.712. The molecular formula is C19H24N4O5S. The van der Waals surface area contributed by atoms with Gasteiger partial charge in [0.25, 0.3) is 5.91 Å². The number of fused-ring (bicyclic) bond motifs is 1. The minimum atomic E-state index is -3.16. The zero-order valence-electron chi connectivity index (χ0n) is 16.5. The second-order valence-electron chi connectivity index (χ2n) is 7.69. The zero-order chi connectivity index (χ0) is 20.8. The molecule has 29 heavy (non-hydrogen) atoms. The molecule has 0 bridgehead atoms. The minimum Gasteiger partial charge on any atom is -0.489 e. The predicted molar refractivity (Wildman–Crippen MR) is 109 cm³/mol. The van der Waals surface area contributed by atoms with Crippen molar-refractivity contribution in [2.24, 2.45) is 5.10 Å². The molecule has 2 amide bonds. The first kappa shape index (κ1) is 19.7. The molecule has 10 heteroatoms. The van der Waals surface area contributed by atoms with Gasteiger partial charge in [-0.05, 0) is 18.6 Å². The lowest BCUT2D eigenvalue weighted by atomic mass is 10.1. The number of ether oxygens (including phenoxy) is 1. The predicted octanol–water partition coefficient (Wildman–Crippen LogP) is 0.643. The Morgan fingerprint density at radius 3 is 2.76 bits per heavy atom. The summed E-state index contributed by atoms with van der Waals surface area (Å²) in [5.41, 5.74) is 1.91. The van der Waals surface area contributed by atoms with E-state index < -0.39 is 15.9 Å². The molecule has 3 aliphatic heterocycles. The molecule has 0 spiro atoms. The Kier molecular flexibility index (Phi) is 4.97. The van der Waals surface area contributed by atoms with Crippen LogP contribution in [-0.4, -0.2) is 75.7 Å². The van der Waals surface area contributed by atoms with Crippen molar-refractivity contribution in [3.8, 4) is 5.75 Å².